The third-order valence-electron chi connectivity index (χ3n) is 4.01. The average molecular weight is 292 g/mol. The van der Waals surface area contributed by atoms with Crippen molar-refractivity contribution >= 4 is 5.84 Å². The minimum absolute atomic E-state index is 0.0755. The van der Waals surface area contributed by atoms with Crippen LogP contribution in [-0.4, -0.2) is 42.8 Å². The lowest BCUT2D eigenvalue weighted by Gasteiger charge is -2.47. The summed E-state index contributed by atoms with van der Waals surface area (Å²) in [5.41, 5.74) is 0.660. The Morgan fingerprint density at radius 1 is 1.38 bits per heavy atom. The number of nitrogens with zero attached hydrogens (tertiary/aromatic N) is 3. The first-order valence-electron chi connectivity index (χ1n) is 7.37. The molecule has 0 aromatic carbocycles. The Kier molecular flexibility index (Phi) is 3.94. The summed E-state index contributed by atoms with van der Waals surface area (Å²) in [6, 6.07) is 3.37. The number of hydrogen-bond acceptors (Lipinski definition) is 5. The maximum atomic E-state index is 12.6. The van der Waals surface area contributed by atoms with Crippen molar-refractivity contribution in [3.63, 3.8) is 0 Å². The number of oxime groups is 1. The van der Waals surface area contributed by atoms with Gasteiger partial charge in [-0.05, 0) is 25.3 Å². The topological polar surface area (TPSA) is 83.6 Å². The predicted molar refractivity (Wildman–Crippen MR) is 76.9 cm³/mol. The van der Waals surface area contributed by atoms with E-state index < -0.39 is 0 Å². The molecular weight excluding hydrogens is 272 g/mol. The summed E-state index contributed by atoms with van der Waals surface area (Å²) in [5.74, 6) is 0.514. The van der Waals surface area contributed by atoms with Crippen molar-refractivity contribution in [1.29, 1.82) is 0 Å². The van der Waals surface area contributed by atoms with Gasteiger partial charge in [0.25, 0.3) is 0 Å². The number of hydrogen-bond donors (Lipinski definition) is 1. The molecule has 1 aromatic rings. The second kappa shape index (κ2) is 5.87. The van der Waals surface area contributed by atoms with Crippen molar-refractivity contribution in [2.45, 2.75) is 25.3 Å². The van der Waals surface area contributed by atoms with Gasteiger partial charge in [0.2, 0.25) is 0 Å². The van der Waals surface area contributed by atoms with E-state index in [2.05, 4.69) is 10.5 Å². The molecule has 1 N–H and O–H groups in total. The molecule has 0 unspecified atom stereocenters. The minimum atomic E-state index is -0.162. The van der Waals surface area contributed by atoms with Gasteiger partial charge in [0.05, 0.1) is 18.7 Å². The molecule has 0 radical (unpaired) electrons. The molecule has 1 atom stereocenters. The normalized spacial score (nSPS) is 24.6. The number of aromatic nitrogens is 1. The lowest BCUT2D eigenvalue weighted by atomic mass is 10.1. The number of hydroxylamine groups is 3. The van der Waals surface area contributed by atoms with Crippen LogP contribution in [0.1, 0.15) is 24.8 Å². The molecule has 0 bridgehead atoms. The van der Waals surface area contributed by atoms with Crippen LogP contribution in [0, 0.1) is 10.4 Å². The number of rotatable bonds is 3. The quantitative estimate of drug-likeness (QED) is 0.498. The van der Waals surface area contributed by atoms with Crippen molar-refractivity contribution in [2.24, 2.45) is 5.16 Å². The van der Waals surface area contributed by atoms with Crippen LogP contribution in [-0.2, 0) is 4.84 Å². The highest BCUT2D eigenvalue weighted by atomic mass is 16.6. The highest BCUT2D eigenvalue weighted by molar-refractivity contribution is 5.98. The van der Waals surface area contributed by atoms with Crippen LogP contribution < -0.4 is 10.0 Å². The van der Waals surface area contributed by atoms with Gasteiger partial charge in [-0.25, -0.2) is 0 Å². The average Bonchev–Trinajstić information content (AvgIpc) is 2.48. The van der Waals surface area contributed by atoms with E-state index in [1.807, 2.05) is 0 Å². The fourth-order valence-electron chi connectivity index (χ4n) is 2.96. The molecule has 2 aliphatic rings. The summed E-state index contributed by atoms with van der Waals surface area (Å²) in [4.78, 5) is 5.24. The predicted octanol–water partition coefficient (Wildman–Crippen LogP) is 0.468. The van der Waals surface area contributed by atoms with E-state index in [1.54, 1.807) is 12.1 Å². The highest BCUT2D eigenvalue weighted by Gasteiger charge is 2.28. The van der Waals surface area contributed by atoms with Gasteiger partial charge in [-0.1, -0.05) is 5.16 Å². The van der Waals surface area contributed by atoms with E-state index >= 15 is 0 Å². The van der Waals surface area contributed by atoms with Crippen molar-refractivity contribution in [2.75, 3.05) is 26.2 Å². The van der Waals surface area contributed by atoms with E-state index in [0.29, 0.717) is 37.6 Å². The van der Waals surface area contributed by atoms with Crippen molar-refractivity contribution in [3.8, 4) is 0 Å². The second-order valence-corrected chi connectivity index (χ2v) is 5.78. The van der Waals surface area contributed by atoms with Crippen LogP contribution in [0.2, 0.25) is 0 Å². The summed E-state index contributed by atoms with van der Waals surface area (Å²) >= 11 is 0. The molecular formula is C14H20N4O3. The number of quaternary nitrogens is 1. The van der Waals surface area contributed by atoms with Gasteiger partial charge in [0, 0.05) is 6.07 Å². The summed E-state index contributed by atoms with van der Waals surface area (Å²) in [5, 5.41) is 31.1. The maximum Gasteiger partial charge on any atom is 0.191 e. The maximum absolute atomic E-state index is 12.6. The van der Waals surface area contributed by atoms with E-state index in [9.17, 15) is 10.4 Å². The van der Waals surface area contributed by atoms with Gasteiger partial charge in [0.15, 0.2) is 18.2 Å². The highest BCUT2D eigenvalue weighted by Crippen LogP contribution is 2.18. The number of likely N-dealkylation sites (tertiary alicyclic amines) is 1. The molecule has 1 saturated heterocycles. The van der Waals surface area contributed by atoms with Gasteiger partial charge in [-0.15, -0.1) is 0 Å². The third kappa shape index (κ3) is 3.43. The van der Waals surface area contributed by atoms with Crippen molar-refractivity contribution < 1.29 is 14.2 Å². The van der Waals surface area contributed by atoms with Crippen LogP contribution in [0.25, 0.3) is 0 Å². The lowest BCUT2D eigenvalue weighted by Crippen LogP contribution is -2.57. The Bertz CT molecular complexity index is 529. The van der Waals surface area contributed by atoms with E-state index in [4.69, 9.17) is 4.84 Å². The lowest BCUT2D eigenvalue weighted by molar-refractivity contribution is -0.886. The minimum Gasteiger partial charge on any atom is -0.633 e. The molecule has 0 aliphatic carbocycles. The fraction of sp³-hybridized carbons (Fsp3) is 0.571. The van der Waals surface area contributed by atoms with Gasteiger partial charge < -0.3 is 25.2 Å². The Morgan fingerprint density at radius 3 is 2.95 bits per heavy atom. The van der Waals surface area contributed by atoms with Crippen LogP contribution in [0.15, 0.2) is 29.7 Å². The summed E-state index contributed by atoms with van der Waals surface area (Å²) < 4.78 is 0.556. The molecule has 3 rings (SSSR count). The number of nitrogens with one attached hydrogen (secondary N) is 1. The summed E-state index contributed by atoms with van der Waals surface area (Å²) in [6.07, 6.45) is 5.98. The van der Waals surface area contributed by atoms with Crippen LogP contribution in [0.3, 0.4) is 0 Å². The van der Waals surface area contributed by atoms with Crippen LogP contribution in [0.4, 0.5) is 0 Å². The second-order valence-electron chi connectivity index (χ2n) is 5.78. The van der Waals surface area contributed by atoms with Gasteiger partial charge in [0.1, 0.15) is 19.2 Å². The van der Waals surface area contributed by atoms with Crippen LogP contribution >= 0.6 is 0 Å². The van der Waals surface area contributed by atoms with E-state index in [-0.39, 0.29) is 10.7 Å². The number of amidine groups is 1. The molecule has 7 nitrogen and oxygen atoms in total. The van der Waals surface area contributed by atoms with Gasteiger partial charge in [-0.2, -0.15) is 4.73 Å². The molecule has 1 fully saturated rings. The first-order chi connectivity index (χ1) is 10.1. The molecule has 21 heavy (non-hydrogen) atoms. The monoisotopic (exact) mass is 292 g/mol. The molecule has 0 spiro atoms. The van der Waals surface area contributed by atoms with Crippen LogP contribution in [0.5, 0.6) is 0 Å². The zero-order valence-corrected chi connectivity index (χ0v) is 11.9. The standard InChI is InChI=1S/C14H20N4O3/c19-17-6-4-5-12(9-17)14-15-13(11-21-16-14)10-18(20)7-2-1-3-8-18/h4-6,9,13H,1-3,7-8,10-11H2,(H,15,16)/t13-/m0/s1. The summed E-state index contributed by atoms with van der Waals surface area (Å²) in [6.45, 7) is 2.21. The first kappa shape index (κ1) is 14.1. The van der Waals surface area contributed by atoms with E-state index in [0.717, 1.165) is 24.0 Å². The molecule has 114 valence electrons. The Balaban J connectivity index is 1.66. The zero-order chi connectivity index (χ0) is 14.7. The molecule has 3 heterocycles. The van der Waals surface area contributed by atoms with Gasteiger partial charge >= 0.3 is 0 Å². The zero-order valence-electron chi connectivity index (χ0n) is 11.9. The molecule has 0 amide bonds. The Labute approximate surface area is 123 Å². The van der Waals surface area contributed by atoms with Crippen molar-refractivity contribution in [3.05, 3.63) is 40.5 Å². The van der Waals surface area contributed by atoms with Gasteiger partial charge in [-0.3, -0.25) is 0 Å². The van der Waals surface area contributed by atoms with E-state index in [1.165, 1.54) is 12.4 Å². The SMILES string of the molecule is [O-][n+]1cccc(C2=NOC[C@H](C[N+]3([O-])CCCCC3)N2)c1. The largest absolute Gasteiger partial charge is 0.633 e. The number of pyridine rings is 1. The molecule has 0 saturated carbocycles. The Hall–Kier alpha value is -1.86. The number of piperidine rings is 1. The molecule has 2 aliphatic heterocycles. The summed E-state index contributed by atoms with van der Waals surface area (Å²) in [7, 11) is 0. The molecule has 1 aromatic heterocycles. The Morgan fingerprint density at radius 2 is 2.19 bits per heavy atom. The third-order valence-corrected chi connectivity index (χ3v) is 4.01. The molecule has 7 heteroatoms. The fourth-order valence-corrected chi connectivity index (χ4v) is 2.96. The first-order valence-corrected chi connectivity index (χ1v) is 7.37. The smallest absolute Gasteiger partial charge is 0.191 e. The van der Waals surface area contributed by atoms with Crippen molar-refractivity contribution in [1.82, 2.24) is 5.32 Å².